The molecule has 22 heavy (non-hydrogen) atoms. The highest BCUT2D eigenvalue weighted by Crippen LogP contribution is 2.28. The summed E-state index contributed by atoms with van der Waals surface area (Å²) in [5.74, 6) is 0.814. The fraction of sp³-hybridized carbons (Fsp3) is 0.0588. The third-order valence-corrected chi connectivity index (χ3v) is 4.77. The van der Waals surface area contributed by atoms with Gasteiger partial charge in [-0.1, -0.05) is 6.07 Å². The van der Waals surface area contributed by atoms with Gasteiger partial charge in [0.2, 0.25) is 0 Å². The molecule has 0 aliphatic carbocycles. The number of benzene rings is 1. The lowest BCUT2D eigenvalue weighted by Crippen LogP contribution is -1.84. The van der Waals surface area contributed by atoms with Gasteiger partial charge < -0.3 is 4.74 Å². The number of nitrogens with zero attached hydrogens (tertiary/aromatic N) is 2. The molecule has 5 heteroatoms. The molecule has 0 amide bonds. The van der Waals surface area contributed by atoms with E-state index in [1.165, 1.54) is 11.3 Å². The number of thiazole rings is 1. The van der Waals surface area contributed by atoms with Gasteiger partial charge in [0.05, 0.1) is 18.4 Å². The van der Waals surface area contributed by atoms with Gasteiger partial charge in [-0.3, -0.25) is 0 Å². The minimum Gasteiger partial charge on any atom is -0.497 e. The fourth-order valence-electron chi connectivity index (χ4n) is 1.95. The van der Waals surface area contributed by atoms with Gasteiger partial charge in [0.25, 0.3) is 0 Å². The van der Waals surface area contributed by atoms with Crippen molar-refractivity contribution in [3.63, 3.8) is 0 Å². The number of rotatable bonds is 4. The Labute approximate surface area is 136 Å². The van der Waals surface area contributed by atoms with E-state index in [1.54, 1.807) is 18.4 Å². The molecule has 0 bridgehead atoms. The van der Waals surface area contributed by atoms with Crippen LogP contribution in [0.3, 0.4) is 0 Å². The number of allylic oxidation sites excluding steroid dienone is 1. The highest BCUT2D eigenvalue weighted by molar-refractivity contribution is 7.12. The van der Waals surface area contributed by atoms with Crippen molar-refractivity contribution in [1.29, 1.82) is 5.26 Å². The van der Waals surface area contributed by atoms with Crippen molar-refractivity contribution in [2.24, 2.45) is 0 Å². The Morgan fingerprint density at radius 1 is 1.23 bits per heavy atom. The Hall–Kier alpha value is -2.42. The Kier molecular flexibility index (Phi) is 4.33. The number of hydrogen-bond donors (Lipinski definition) is 0. The van der Waals surface area contributed by atoms with Gasteiger partial charge in [-0.15, -0.1) is 22.7 Å². The van der Waals surface area contributed by atoms with Crippen molar-refractivity contribution in [2.75, 3.05) is 7.11 Å². The average molecular weight is 324 g/mol. The summed E-state index contributed by atoms with van der Waals surface area (Å²) in [6.07, 6.45) is 1.88. The maximum Gasteiger partial charge on any atom is 0.134 e. The number of aromatic nitrogens is 1. The van der Waals surface area contributed by atoms with Crippen molar-refractivity contribution >= 4 is 34.3 Å². The van der Waals surface area contributed by atoms with Gasteiger partial charge in [-0.05, 0) is 41.8 Å². The van der Waals surface area contributed by atoms with E-state index >= 15 is 0 Å². The van der Waals surface area contributed by atoms with Gasteiger partial charge in [0.1, 0.15) is 16.8 Å². The molecule has 3 nitrogen and oxygen atoms in total. The van der Waals surface area contributed by atoms with Crippen LogP contribution in [0.4, 0.5) is 0 Å². The zero-order chi connectivity index (χ0) is 15.4. The van der Waals surface area contributed by atoms with Crippen molar-refractivity contribution in [1.82, 2.24) is 4.98 Å². The van der Waals surface area contributed by atoms with E-state index in [0.29, 0.717) is 5.57 Å². The molecule has 0 unspecified atom stereocenters. The van der Waals surface area contributed by atoms with Gasteiger partial charge in [0.15, 0.2) is 0 Å². The average Bonchev–Trinajstić information content (AvgIpc) is 3.24. The normalized spacial score (nSPS) is 11.2. The molecule has 108 valence electrons. The molecule has 0 atom stereocenters. The van der Waals surface area contributed by atoms with E-state index in [2.05, 4.69) is 11.1 Å². The van der Waals surface area contributed by atoms with Gasteiger partial charge in [-0.2, -0.15) is 5.26 Å². The van der Waals surface area contributed by atoms with Crippen molar-refractivity contribution in [2.45, 2.75) is 0 Å². The highest BCUT2D eigenvalue weighted by atomic mass is 32.1. The van der Waals surface area contributed by atoms with E-state index in [-0.39, 0.29) is 0 Å². The maximum absolute atomic E-state index is 9.36. The Bertz CT molecular complexity index is 824. The van der Waals surface area contributed by atoms with Crippen LogP contribution in [0.25, 0.3) is 22.9 Å². The molecule has 0 N–H and O–H groups in total. The van der Waals surface area contributed by atoms with Crippen molar-refractivity contribution in [3.8, 4) is 23.1 Å². The van der Waals surface area contributed by atoms with E-state index in [4.69, 9.17) is 4.74 Å². The molecule has 2 aromatic heterocycles. The molecule has 0 saturated heterocycles. The van der Waals surface area contributed by atoms with Crippen LogP contribution in [0.1, 0.15) is 9.88 Å². The van der Waals surface area contributed by atoms with Crippen LogP contribution in [0.15, 0.2) is 47.2 Å². The molecule has 2 heterocycles. The maximum atomic E-state index is 9.36. The molecule has 3 rings (SSSR count). The molecule has 0 fully saturated rings. The molecule has 1 aromatic carbocycles. The van der Waals surface area contributed by atoms with E-state index in [0.717, 1.165) is 26.9 Å². The predicted molar refractivity (Wildman–Crippen MR) is 91.9 cm³/mol. The topological polar surface area (TPSA) is 45.9 Å². The second kappa shape index (κ2) is 6.56. The molecule has 0 aliphatic heterocycles. The summed E-state index contributed by atoms with van der Waals surface area (Å²) < 4.78 is 5.16. The van der Waals surface area contributed by atoms with Crippen LogP contribution in [-0.4, -0.2) is 12.1 Å². The summed E-state index contributed by atoms with van der Waals surface area (Å²) in [7, 11) is 1.64. The van der Waals surface area contributed by atoms with Gasteiger partial charge >= 0.3 is 0 Å². The third kappa shape index (κ3) is 3.08. The quantitative estimate of drug-likeness (QED) is 0.638. The second-order valence-electron chi connectivity index (χ2n) is 4.45. The minimum atomic E-state index is 0.590. The smallest absolute Gasteiger partial charge is 0.134 e. The molecule has 0 aliphatic rings. The standard InChI is InChI=1S/C17H12N2OS2/c1-20-14-6-4-12(5-7-14)16-11-22-17(19-16)13(10-18)9-15-3-2-8-21-15/h2-9,11H,1H3/b13-9+. The summed E-state index contributed by atoms with van der Waals surface area (Å²) in [5.41, 5.74) is 2.47. The van der Waals surface area contributed by atoms with Crippen LogP contribution in [0.5, 0.6) is 5.75 Å². The first kappa shape index (κ1) is 14.5. The first-order chi connectivity index (χ1) is 10.8. The van der Waals surface area contributed by atoms with Crippen LogP contribution in [0.2, 0.25) is 0 Å². The Morgan fingerprint density at radius 3 is 2.68 bits per heavy atom. The van der Waals surface area contributed by atoms with Crippen LogP contribution in [0, 0.1) is 11.3 Å². The zero-order valence-electron chi connectivity index (χ0n) is 11.8. The molecule has 0 spiro atoms. The van der Waals surface area contributed by atoms with Gasteiger partial charge in [-0.25, -0.2) is 4.98 Å². The molecular formula is C17H12N2OS2. The van der Waals surface area contributed by atoms with Crippen LogP contribution in [-0.2, 0) is 0 Å². The molecular weight excluding hydrogens is 312 g/mol. The highest BCUT2D eigenvalue weighted by Gasteiger charge is 2.09. The lowest BCUT2D eigenvalue weighted by molar-refractivity contribution is 0.415. The number of hydrogen-bond acceptors (Lipinski definition) is 5. The zero-order valence-corrected chi connectivity index (χ0v) is 13.4. The number of nitriles is 1. The van der Waals surface area contributed by atoms with E-state index in [1.807, 2.05) is 53.2 Å². The predicted octanol–water partition coefficient (Wildman–Crippen LogP) is 4.94. The first-order valence-electron chi connectivity index (χ1n) is 6.56. The number of thiophene rings is 1. The SMILES string of the molecule is COc1ccc(-c2csc(/C(C#N)=C/c3cccs3)n2)cc1. The largest absolute Gasteiger partial charge is 0.497 e. The summed E-state index contributed by atoms with van der Waals surface area (Å²) in [5, 5.41) is 14.1. The fourth-order valence-corrected chi connectivity index (χ4v) is 3.40. The van der Waals surface area contributed by atoms with Gasteiger partial charge in [0, 0.05) is 15.8 Å². The first-order valence-corrected chi connectivity index (χ1v) is 8.31. The van der Waals surface area contributed by atoms with E-state index < -0.39 is 0 Å². The lowest BCUT2D eigenvalue weighted by Gasteiger charge is -2.00. The monoisotopic (exact) mass is 324 g/mol. The lowest BCUT2D eigenvalue weighted by atomic mass is 10.1. The number of ether oxygens (including phenoxy) is 1. The minimum absolute atomic E-state index is 0.590. The van der Waals surface area contributed by atoms with E-state index in [9.17, 15) is 5.26 Å². The summed E-state index contributed by atoms with van der Waals surface area (Å²) >= 11 is 3.08. The number of methoxy groups -OCH3 is 1. The molecule has 0 radical (unpaired) electrons. The Morgan fingerprint density at radius 2 is 2.05 bits per heavy atom. The Balaban J connectivity index is 1.90. The van der Waals surface area contributed by atoms with Crippen molar-refractivity contribution < 1.29 is 4.74 Å². The van der Waals surface area contributed by atoms with Crippen LogP contribution < -0.4 is 4.74 Å². The summed E-state index contributed by atoms with van der Waals surface area (Å²) in [6.45, 7) is 0. The molecule has 0 saturated carbocycles. The molecule has 3 aromatic rings. The van der Waals surface area contributed by atoms with Crippen molar-refractivity contribution in [3.05, 3.63) is 57.0 Å². The van der Waals surface area contributed by atoms with Crippen LogP contribution >= 0.6 is 22.7 Å². The summed E-state index contributed by atoms with van der Waals surface area (Å²) in [6, 6.07) is 13.9. The summed E-state index contributed by atoms with van der Waals surface area (Å²) in [4.78, 5) is 5.63. The third-order valence-electron chi connectivity index (χ3n) is 3.07. The second-order valence-corrected chi connectivity index (χ2v) is 6.29.